The summed E-state index contributed by atoms with van der Waals surface area (Å²) < 4.78 is 21.1. The highest BCUT2D eigenvalue weighted by atomic mass is 32.1. The molecule has 3 aliphatic rings. The van der Waals surface area contributed by atoms with Crippen molar-refractivity contribution < 1.29 is 28.6 Å². The zero-order valence-corrected chi connectivity index (χ0v) is 24.0. The predicted octanol–water partition coefficient (Wildman–Crippen LogP) is 3.60. The number of alkyl halides is 1. The van der Waals surface area contributed by atoms with E-state index in [2.05, 4.69) is 20.2 Å². The zero-order valence-electron chi connectivity index (χ0n) is 23.1. The summed E-state index contributed by atoms with van der Waals surface area (Å²) in [7, 11) is 0. The first-order valence-electron chi connectivity index (χ1n) is 13.8. The minimum atomic E-state index is -1.55. The van der Waals surface area contributed by atoms with Gasteiger partial charge in [-0.2, -0.15) is 0 Å². The number of hydrogen-bond donors (Lipinski definition) is 2. The number of carboxylic acid groups (broad SMARTS) is 1. The van der Waals surface area contributed by atoms with Gasteiger partial charge in [-0.15, -0.1) is 11.3 Å². The van der Waals surface area contributed by atoms with Gasteiger partial charge in [0.05, 0.1) is 24.3 Å². The fourth-order valence-electron chi connectivity index (χ4n) is 5.41. The van der Waals surface area contributed by atoms with Crippen LogP contribution in [0.3, 0.4) is 0 Å². The van der Waals surface area contributed by atoms with E-state index in [9.17, 15) is 19.5 Å². The van der Waals surface area contributed by atoms with Crippen molar-refractivity contribution >= 4 is 41.2 Å². The van der Waals surface area contributed by atoms with Crippen LogP contribution < -0.4 is 10.2 Å². The Bertz CT molecular complexity index is 1370. The number of carboxylic acids is 1. The lowest BCUT2D eigenvalue weighted by Crippen LogP contribution is -2.53. The van der Waals surface area contributed by atoms with Crippen LogP contribution in [0.25, 0.3) is 0 Å². The standard InChI is InChI=1S/C29H34FN5O5S/c1-3-40-28(39)23-13-32-25(26-31-9-11-41-26)33-24(23)16-34-10-8-29(2,30)19(14-34)15-35(17-36)20-6-7-21(18-4-5-18)22(12-20)27(37)38/h6-7,9,11-12,17-19H,3-5,8,10,13-16H2,1-2H3,(H,32,33)(H,37,38). The van der Waals surface area contributed by atoms with Crippen molar-refractivity contribution in [3.05, 3.63) is 57.2 Å². The maximum Gasteiger partial charge on any atom is 0.337 e. The molecule has 3 heterocycles. The smallest absolute Gasteiger partial charge is 0.337 e. The van der Waals surface area contributed by atoms with Gasteiger partial charge in [-0.1, -0.05) is 6.07 Å². The maximum atomic E-state index is 15.8. The van der Waals surface area contributed by atoms with Crippen LogP contribution in [-0.2, 0) is 14.3 Å². The number of aromatic carboxylic acids is 1. The van der Waals surface area contributed by atoms with E-state index in [4.69, 9.17) is 4.74 Å². The lowest BCUT2D eigenvalue weighted by Gasteiger charge is -2.43. The van der Waals surface area contributed by atoms with Gasteiger partial charge in [0.1, 0.15) is 5.67 Å². The van der Waals surface area contributed by atoms with Crippen molar-refractivity contribution in [2.24, 2.45) is 10.9 Å². The van der Waals surface area contributed by atoms with Crippen LogP contribution in [0.1, 0.15) is 60.0 Å². The van der Waals surface area contributed by atoms with Crippen molar-refractivity contribution in [3.63, 3.8) is 0 Å². The number of hydrogen-bond acceptors (Lipinski definition) is 9. The average Bonchev–Trinajstić information content (AvgIpc) is 3.65. The average molecular weight is 584 g/mol. The first kappa shape index (κ1) is 28.9. The third kappa shape index (κ3) is 6.48. The number of likely N-dealkylation sites (tertiary alicyclic amines) is 1. The second-order valence-corrected chi connectivity index (χ2v) is 11.8. The van der Waals surface area contributed by atoms with E-state index in [0.29, 0.717) is 53.8 Å². The number of carbonyl (C=O) groups is 3. The van der Waals surface area contributed by atoms with Gasteiger partial charge in [0.15, 0.2) is 10.8 Å². The second-order valence-electron chi connectivity index (χ2n) is 10.9. The van der Waals surface area contributed by atoms with E-state index >= 15 is 4.39 Å². The Morgan fingerprint density at radius 2 is 2.17 bits per heavy atom. The van der Waals surface area contributed by atoms with Crippen molar-refractivity contribution in [2.45, 2.75) is 44.7 Å². The molecule has 1 amide bonds. The van der Waals surface area contributed by atoms with E-state index in [1.165, 1.54) is 22.3 Å². The van der Waals surface area contributed by atoms with Gasteiger partial charge in [-0.05, 0) is 56.7 Å². The normalized spacial score (nSPS) is 23.0. The molecule has 5 rings (SSSR count). The molecule has 1 aromatic carbocycles. The molecule has 1 aliphatic carbocycles. The number of ether oxygens (including phenoxy) is 1. The summed E-state index contributed by atoms with van der Waals surface area (Å²) in [4.78, 5) is 49.1. The number of nitrogens with zero attached hydrogens (tertiary/aromatic N) is 4. The zero-order chi connectivity index (χ0) is 29.1. The van der Waals surface area contributed by atoms with Crippen LogP contribution in [0.2, 0.25) is 0 Å². The molecule has 2 N–H and O–H groups in total. The van der Waals surface area contributed by atoms with Crippen LogP contribution in [0.4, 0.5) is 10.1 Å². The van der Waals surface area contributed by atoms with Gasteiger partial charge in [0.25, 0.3) is 0 Å². The van der Waals surface area contributed by atoms with E-state index in [0.717, 1.165) is 18.4 Å². The molecule has 1 aromatic heterocycles. The summed E-state index contributed by atoms with van der Waals surface area (Å²) in [5.41, 5.74) is 0.901. The molecule has 0 radical (unpaired) electrons. The van der Waals surface area contributed by atoms with Gasteiger partial charge in [-0.3, -0.25) is 14.7 Å². The highest BCUT2D eigenvalue weighted by Crippen LogP contribution is 2.42. The minimum Gasteiger partial charge on any atom is -0.478 e. The molecule has 1 saturated heterocycles. The Hall–Kier alpha value is -3.64. The monoisotopic (exact) mass is 583 g/mol. The Morgan fingerprint density at radius 3 is 2.83 bits per heavy atom. The Labute approximate surface area is 241 Å². The summed E-state index contributed by atoms with van der Waals surface area (Å²) in [6.07, 6.45) is 4.46. The molecule has 12 heteroatoms. The van der Waals surface area contributed by atoms with Crippen LogP contribution >= 0.6 is 11.3 Å². The third-order valence-corrected chi connectivity index (χ3v) is 8.75. The number of carbonyl (C=O) groups excluding carboxylic acids is 2. The number of aromatic nitrogens is 1. The highest BCUT2D eigenvalue weighted by Gasteiger charge is 2.41. The first-order valence-corrected chi connectivity index (χ1v) is 14.7. The van der Waals surface area contributed by atoms with E-state index < -0.39 is 23.5 Å². The molecule has 2 atom stereocenters. The number of thiazole rings is 1. The summed E-state index contributed by atoms with van der Waals surface area (Å²) in [5.74, 6) is -1.23. The van der Waals surface area contributed by atoms with Crippen LogP contribution in [0, 0.1) is 5.92 Å². The lowest BCUT2D eigenvalue weighted by atomic mass is 9.83. The number of anilines is 1. The molecular weight excluding hydrogens is 549 g/mol. The van der Waals surface area contributed by atoms with Crippen LogP contribution in [0.15, 0.2) is 46.0 Å². The molecular formula is C29H34FN5O5S. The quantitative estimate of drug-likeness (QED) is 0.304. The number of halogens is 1. The van der Waals surface area contributed by atoms with E-state index in [-0.39, 0.29) is 37.6 Å². The number of amides is 1. The van der Waals surface area contributed by atoms with E-state index in [1.807, 2.05) is 5.38 Å². The van der Waals surface area contributed by atoms with Crippen LogP contribution in [0.5, 0.6) is 0 Å². The van der Waals surface area contributed by atoms with Crippen molar-refractivity contribution in [3.8, 4) is 0 Å². The molecule has 218 valence electrons. The summed E-state index contributed by atoms with van der Waals surface area (Å²) in [6.45, 7) is 4.87. The first-order chi connectivity index (χ1) is 19.7. The Morgan fingerprint density at radius 1 is 1.37 bits per heavy atom. The largest absolute Gasteiger partial charge is 0.478 e. The fourth-order valence-corrected chi connectivity index (χ4v) is 6.01. The Balaban J connectivity index is 1.34. The second kappa shape index (κ2) is 12.1. The number of benzene rings is 1. The SMILES string of the molecule is CCOC(=O)C1=C(CN2CCC(C)(F)C(CN(C=O)c3ccc(C4CC4)c(C(=O)O)c3)C2)NC(c2nccs2)=NC1. The fraction of sp³-hybridized carbons (Fsp3) is 0.483. The Kier molecular flexibility index (Phi) is 8.50. The lowest BCUT2D eigenvalue weighted by molar-refractivity contribution is -0.138. The molecule has 2 aliphatic heterocycles. The maximum absolute atomic E-state index is 15.8. The van der Waals surface area contributed by atoms with Gasteiger partial charge in [0, 0.05) is 55.1 Å². The van der Waals surface area contributed by atoms with Crippen LogP contribution in [-0.4, -0.2) is 84.2 Å². The van der Waals surface area contributed by atoms with E-state index in [1.54, 1.807) is 32.2 Å². The molecule has 1 saturated carbocycles. The van der Waals surface area contributed by atoms with Gasteiger partial charge < -0.3 is 20.1 Å². The predicted molar refractivity (Wildman–Crippen MR) is 153 cm³/mol. The molecule has 2 aromatic rings. The molecule has 41 heavy (non-hydrogen) atoms. The third-order valence-electron chi connectivity index (χ3n) is 7.97. The topological polar surface area (TPSA) is 124 Å². The van der Waals surface area contributed by atoms with Gasteiger partial charge in [0.2, 0.25) is 6.41 Å². The summed E-state index contributed by atoms with van der Waals surface area (Å²) in [6, 6.07) is 5.03. The van der Waals surface area contributed by atoms with Crippen molar-refractivity contribution in [1.29, 1.82) is 0 Å². The van der Waals surface area contributed by atoms with Crippen molar-refractivity contribution in [1.82, 2.24) is 15.2 Å². The van der Waals surface area contributed by atoms with Crippen molar-refractivity contribution in [2.75, 3.05) is 44.2 Å². The minimum absolute atomic E-state index is 0.0812. The number of rotatable bonds is 11. The number of amidine groups is 1. The highest BCUT2D eigenvalue weighted by molar-refractivity contribution is 7.11. The molecule has 2 unspecified atom stereocenters. The molecule has 0 spiro atoms. The number of esters is 1. The number of aliphatic imine (C=N–C) groups is 1. The number of piperidine rings is 1. The molecule has 2 fully saturated rings. The summed E-state index contributed by atoms with van der Waals surface area (Å²) in [5, 5.41) is 15.6. The van der Waals surface area contributed by atoms with Gasteiger partial charge >= 0.3 is 11.9 Å². The summed E-state index contributed by atoms with van der Waals surface area (Å²) >= 11 is 1.43. The molecule has 10 nitrogen and oxygen atoms in total. The van der Waals surface area contributed by atoms with Gasteiger partial charge in [-0.25, -0.2) is 19.0 Å². The molecule has 0 bridgehead atoms. The number of nitrogens with one attached hydrogen (secondary N) is 1.